The molecular formula is C24H31ClFN3O. The number of rotatable bonds is 6. The molecule has 1 fully saturated rings. The number of carbonyl (C=O) groups is 1. The van der Waals surface area contributed by atoms with E-state index in [0.717, 1.165) is 37.9 Å². The first-order valence-corrected chi connectivity index (χ1v) is 11.0. The average Bonchev–Trinajstić information content (AvgIpc) is 2.70. The summed E-state index contributed by atoms with van der Waals surface area (Å²) in [5.41, 5.74) is 1.03. The van der Waals surface area contributed by atoms with Crippen molar-refractivity contribution >= 4 is 17.5 Å². The van der Waals surface area contributed by atoms with E-state index in [2.05, 4.69) is 15.2 Å². The standard InChI is InChI=1S/C24H31ClFN3O/c1-24(2,3)23(30)28-22(21-9-4-6-12-27-21)15-19-8-5-7-13-29(19)16-17-10-11-18(25)14-20(17)26/h4,6,9-12,14,19,22H,5,7-8,13,15-16H2,1-3H3,(H,28,30). The van der Waals surface area contributed by atoms with Gasteiger partial charge in [0.25, 0.3) is 0 Å². The van der Waals surface area contributed by atoms with E-state index in [9.17, 15) is 9.18 Å². The third kappa shape index (κ3) is 6.02. The lowest BCUT2D eigenvalue weighted by Gasteiger charge is -2.38. The third-order valence-electron chi connectivity index (χ3n) is 5.68. The molecule has 30 heavy (non-hydrogen) atoms. The minimum atomic E-state index is -0.480. The number of pyridine rings is 1. The smallest absolute Gasteiger partial charge is 0.225 e. The predicted molar refractivity (Wildman–Crippen MR) is 119 cm³/mol. The highest BCUT2D eigenvalue weighted by Crippen LogP contribution is 2.29. The van der Waals surface area contributed by atoms with Crippen molar-refractivity contribution in [3.05, 3.63) is 64.7 Å². The first-order chi connectivity index (χ1) is 14.2. The lowest BCUT2D eigenvalue weighted by atomic mass is 9.91. The molecule has 1 aromatic heterocycles. The molecule has 1 saturated heterocycles. The van der Waals surface area contributed by atoms with Crippen LogP contribution in [0.15, 0.2) is 42.6 Å². The van der Waals surface area contributed by atoms with Crippen LogP contribution in [0.3, 0.4) is 0 Å². The molecule has 1 N–H and O–H groups in total. The lowest BCUT2D eigenvalue weighted by molar-refractivity contribution is -0.129. The minimum Gasteiger partial charge on any atom is -0.347 e. The van der Waals surface area contributed by atoms with Crippen molar-refractivity contribution in [3.8, 4) is 0 Å². The number of likely N-dealkylation sites (tertiary alicyclic amines) is 1. The number of carbonyl (C=O) groups excluding carboxylic acids is 1. The first kappa shape index (κ1) is 22.7. The molecule has 0 spiro atoms. The topological polar surface area (TPSA) is 45.2 Å². The van der Waals surface area contributed by atoms with Crippen LogP contribution in [0.4, 0.5) is 4.39 Å². The Morgan fingerprint density at radius 1 is 1.30 bits per heavy atom. The van der Waals surface area contributed by atoms with Crippen molar-refractivity contribution in [2.24, 2.45) is 5.41 Å². The van der Waals surface area contributed by atoms with Gasteiger partial charge in [0, 0.05) is 34.8 Å². The van der Waals surface area contributed by atoms with Crippen LogP contribution in [0, 0.1) is 11.2 Å². The Labute approximate surface area is 183 Å². The second-order valence-electron chi connectivity index (χ2n) is 9.12. The highest BCUT2D eigenvalue weighted by molar-refractivity contribution is 6.30. The molecule has 2 atom stereocenters. The number of piperidine rings is 1. The van der Waals surface area contributed by atoms with E-state index in [0.29, 0.717) is 17.1 Å². The van der Waals surface area contributed by atoms with Gasteiger partial charge in [-0.3, -0.25) is 14.7 Å². The summed E-state index contributed by atoms with van der Waals surface area (Å²) in [4.78, 5) is 19.6. The zero-order chi connectivity index (χ0) is 21.7. The highest BCUT2D eigenvalue weighted by Gasteiger charge is 2.30. The second kappa shape index (κ2) is 9.88. The number of hydrogen-bond donors (Lipinski definition) is 1. The van der Waals surface area contributed by atoms with Gasteiger partial charge in [-0.1, -0.05) is 50.9 Å². The molecule has 0 aliphatic carbocycles. The van der Waals surface area contributed by atoms with Gasteiger partial charge in [-0.25, -0.2) is 4.39 Å². The number of nitrogens with one attached hydrogen (secondary N) is 1. The molecule has 6 heteroatoms. The van der Waals surface area contributed by atoms with E-state index >= 15 is 0 Å². The van der Waals surface area contributed by atoms with Crippen LogP contribution in [0.1, 0.15) is 63.8 Å². The Hall–Kier alpha value is -1.98. The SMILES string of the molecule is CC(C)(C)C(=O)NC(CC1CCCCN1Cc1ccc(Cl)cc1F)c1ccccn1. The van der Waals surface area contributed by atoms with Gasteiger partial charge in [0.1, 0.15) is 5.82 Å². The average molecular weight is 432 g/mol. The van der Waals surface area contributed by atoms with Crippen LogP contribution >= 0.6 is 11.6 Å². The zero-order valence-corrected chi connectivity index (χ0v) is 18.8. The molecule has 1 aromatic carbocycles. The number of halogens is 2. The van der Waals surface area contributed by atoms with E-state index in [1.54, 1.807) is 18.3 Å². The summed E-state index contributed by atoms with van der Waals surface area (Å²) >= 11 is 5.91. The monoisotopic (exact) mass is 431 g/mol. The molecule has 0 bridgehead atoms. The Morgan fingerprint density at radius 3 is 2.77 bits per heavy atom. The summed E-state index contributed by atoms with van der Waals surface area (Å²) < 4.78 is 14.4. The quantitative estimate of drug-likeness (QED) is 0.654. The Morgan fingerprint density at radius 2 is 2.10 bits per heavy atom. The van der Waals surface area contributed by atoms with Gasteiger partial charge in [0.15, 0.2) is 0 Å². The maximum Gasteiger partial charge on any atom is 0.225 e. The van der Waals surface area contributed by atoms with Gasteiger partial charge in [0.05, 0.1) is 11.7 Å². The fraction of sp³-hybridized carbons (Fsp3) is 0.500. The Kier molecular flexibility index (Phi) is 7.48. The number of nitrogens with zero attached hydrogens (tertiary/aromatic N) is 2. The molecule has 1 aliphatic heterocycles. The Bertz CT molecular complexity index is 853. The van der Waals surface area contributed by atoms with Gasteiger partial charge in [-0.15, -0.1) is 0 Å². The molecule has 2 unspecified atom stereocenters. The van der Waals surface area contributed by atoms with E-state index in [1.165, 1.54) is 6.07 Å². The second-order valence-corrected chi connectivity index (χ2v) is 9.56. The molecule has 162 valence electrons. The fourth-order valence-corrected chi connectivity index (χ4v) is 4.05. The van der Waals surface area contributed by atoms with E-state index in [4.69, 9.17) is 11.6 Å². The summed E-state index contributed by atoms with van der Waals surface area (Å²) in [6, 6.07) is 10.7. The zero-order valence-electron chi connectivity index (χ0n) is 18.0. The normalized spacial score (nSPS) is 18.8. The van der Waals surface area contributed by atoms with E-state index in [1.807, 2.05) is 39.0 Å². The molecule has 2 heterocycles. The van der Waals surface area contributed by atoms with Crippen LogP contribution in [-0.4, -0.2) is 28.4 Å². The Balaban J connectivity index is 1.79. The fourth-order valence-electron chi connectivity index (χ4n) is 3.89. The number of benzene rings is 1. The van der Waals surface area contributed by atoms with Gasteiger partial charge in [0.2, 0.25) is 5.91 Å². The largest absolute Gasteiger partial charge is 0.347 e. The van der Waals surface area contributed by atoms with Crippen molar-refractivity contribution in [2.75, 3.05) is 6.54 Å². The van der Waals surface area contributed by atoms with Crippen molar-refractivity contribution in [2.45, 2.75) is 65.1 Å². The molecule has 3 rings (SSSR count). The van der Waals surface area contributed by atoms with Crippen molar-refractivity contribution in [1.29, 1.82) is 0 Å². The van der Waals surface area contributed by atoms with E-state index in [-0.39, 0.29) is 23.8 Å². The first-order valence-electron chi connectivity index (χ1n) is 10.6. The van der Waals surface area contributed by atoms with Crippen molar-refractivity contribution in [3.63, 3.8) is 0 Å². The molecule has 1 aliphatic rings. The van der Waals surface area contributed by atoms with Gasteiger partial charge < -0.3 is 5.32 Å². The third-order valence-corrected chi connectivity index (χ3v) is 5.91. The predicted octanol–water partition coefficient (Wildman–Crippen LogP) is 5.52. The van der Waals surface area contributed by atoms with Gasteiger partial charge >= 0.3 is 0 Å². The lowest BCUT2D eigenvalue weighted by Crippen LogP contribution is -2.44. The summed E-state index contributed by atoms with van der Waals surface area (Å²) in [6.07, 6.45) is 5.74. The minimum absolute atomic E-state index is 0.00394. The van der Waals surface area contributed by atoms with Crippen LogP contribution < -0.4 is 5.32 Å². The van der Waals surface area contributed by atoms with Crippen molar-refractivity contribution < 1.29 is 9.18 Å². The van der Waals surface area contributed by atoms with Gasteiger partial charge in [-0.2, -0.15) is 0 Å². The van der Waals surface area contributed by atoms with Crippen LogP contribution in [-0.2, 0) is 11.3 Å². The number of amides is 1. The number of aromatic nitrogens is 1. The molecule has 1 amide bonds. The molecule has 4 nitrogen and oxygen atoms in total. The number of hydrogen-bond acceptors (Lipinski definition) is 3. The summed E-state index contributed by atoms with van der Waals surface area (Å²) in [5, 5.41) is 3.61. The molecule has 0 saturated carbocycles. The van der Waals surface area contributed by atoms with Gasteiger partial charge in [-0.05, 0) is 50.1 Å². The summed E-state index contributed by atoms with van der Waals surface area (Å²) in [6.45, 7) is 7.18. The summed E-state index contributed by atoms with van der Waals surface area (Å²) in [5.74, 6) is -0.265. The summed E-state index contributed by atoms with van der Waals surface area (Å²) in [7, 11) is 0. The van der Waals surface area contributed by atoms with E-state index < -0.39 is 5.41 Å². The van der Waals surface area contributed by atoms with Crippen LogP contribution in [0.25, 0.3) is 0 Å². The maximum absolute atomic E-state index is 14.4. The highest BCUT2D eigenvalue weighted by atomic mass is 35.5. The van der Waals surface area contributed by atoms with Crippen LogP contribution in [0.2, 0.25) is 5.02 Å². The molecular weight excluding hydrogens is 401 g/mol. The van der Waals surface area contributed by atoms with Crippen LogP contribution in [0.5, 0.6) is 0 Å². The van der Waals surface area contributed by atoms with Crippen molar-refractivity contribution in [1.82, 2.24) is 15.2 Å². The maximum atomic E-state index is 14.4. The molecule has 0 radical (unpaired) electrons. The molecule has 2 aromatic rings.